The van der Waals surface area contributed by atoms with Crippen molar-refractivity contribution in [1.29, 1.82) is 0 Å². The van der Waals surface area contributed by atoms with Gasteiger partial charge in [0.15, 0.2) is 0 Å². The number of hydrogen-bond acceptors (Lipinski definition) is 3. The van der Waals surface area contributed by atoms with Crippen molar-refractivity contribution >= 4 is 17.5 Å². The van der Waals surface area contributed by atoms with Gasteiger partial charge in [-0.05, 0) is 37.3 Å². The van der Waals surface area contributed by atoms with E-state index in [1.807, 2.05) is 21.9 Å². The van der Waals surface area contributed by atoms with Gasteiger partial charge >= 0.3 is 0 Å². The highest BCUT2D eigenvalue weighted by Gasteiger charge is 2.39. The summed E-state index contributed by atoms with van der Waals surface area (Å²) >= 11 is 0. The summed E-state index contributed by atoms with van der Waals surface area (Å²) in [5, 5.41) is 0. The fourth-order valence-corrected chi connectivity index (χ4v) is 4.70. The smallest absolute Gasteiger partial charge is 0.231 e. The first-order valence-corrected chi connectivity index (χ1v) is 9.59. The topological polar surface area (TPSA) is 66.6 Å². The van der Waals surface area contributed by atoms with Gasteiger partial charge in [-0.2, -0.15) is 0 Å². The lowest BCUT2D eigenvalue weighted by Crippen LogP contribution is -2.41. The Morgan fingerprint density at radius 3 is 2.76 bits per heavy atom. The van der Waals surface area contributed by atoms with Crippen molar-refractivity contribution in [3.8, 4) is 0 Å². The molecule has 2 heterocycles. The molecule has 3 aliphatic rings. The second kappa shape index (κ2) is 6.79. The maximum Gasteiger partial charge on any atom is 0.231 e. The van der Waals surface area contributed by atoms with Crippen LogP contribution in [0.4, 0.5) is 5.69 Å². The molecule has 1 aromatic rings. The Bertz CT molecular complexity index is 675. The lowest BCUT2D eigenvalue weighted by atomic mass is 9.98. The molecule has 0 radical (unpaired) electrons. The van der Waals surface area contributed by atoms with Crippen LogP contribution in [0.3, 0.4) is 0 Å². The molecule has 3 atom stereocenters. The van der Waals surface area contributed by atoms with Crippen LogP contribution in [0.5, 0.6) is 0 Å². The molecule has 5 nitrogen and oxygen atoms in total. The zero-order valence-electron chi connectivity index (χ0n) is 14.7. The number of rotatable bonds is 4. The van der Waals surface area contributed by atoms with Gasteiger partial charge in [-0.15, -0.1) is 0 Å². The average molecular weight is 341 g/mol. The van der Waals surface area contributed by atoms with E-state index < -0.39 is 0 Å². The monoisotopic (exact) mass is 341 g/mol. The molecule has 0 spiro atoms. The fraction of sp³-hybridized carbons (Fsp3) is 0.600. The van der Waals surface area contributed by atoms with Gasteiger partial charge in [0.2, 0.25) is 11.8 Å². The van der Waals surface area contributed by atoms with E-state index in [1.165, 1.54) is 5.56 Å². The predicted molar refractivity (Wildman–Crippen MR) is 97.3 cm³/mol. The van der Waals surface area contributed by atoms with E-state index >= 15 is 0 Å². The minimum absolute atomic E-state index is 0.000865. The molecule has 5 heteroatoms. The Hall–Kier alpha value is -1.88. The fourth-order valence-electron chi connectivity index (χ4n) is 4.70. The summed E-state index contributed by atoms with van der Waals surface area (Å²) in [4.78, 5) is 28.8. The van der Waals surface area contributed by atoms with E-state index in [-0.39, 0.29) is 23.8 Å². The molecule has 1 aromatic carbocycles. The minimum atomic E-state index is -0.0352. The second-order valence-corrected chi connectivity index (χ2v) is 7.68. The SMILES string of the molecule is N[C@@H]1CCC[C@@H]1C(=O)N1C[C@@H](CCN2CCCC2=O)c2ccccc21. The maximum atomic E-state index is 13.1. The Labute approximate surface area is 149 Å². The van der Waals surface area contributed by atoms with Gasteiger partial charge in [0, 0.05) is 43.7 Å². The maximum absolute atomic E-state index is 13.1. The van der Waals surface area contributed by atoms with Crippen LogP contribution in [0, 0.1) is 5.92 Å². The second-order valence-electron chi connectivity index (χ2n) is 7.68. The molecule has 1 saturated heterocycles. The molecule has 2 N–H and O–H groups in total. The highest BCUT2D eigenvalue weighted by atomic mass is 16.2. The van der Waals surface area contributed by atoms with Crippen LogP contribution in [0.2, 0.25) is 0 Å². The summed E-state index contributed by atoms with van der Waals surface area (Å²) in [7, 11) is 0. The van der Waals surface area contributed by atoms with Gasteiger partial charge in [0.1, 0.15) is 0 Å². The van der Waals surface area contributed by atoms with Crippen LogP contribution in [0.1, 0.15) is 50.0 Å². The summed E-state index contributed by atoms with van der Waals surface area (Å²) in [6, 6.07) is 8.23. The Morgan fingerprint density at radius 2 is 2.04 bits per heavy atom. The molecule has 0 bridgehead atoms. The van der Waals surface area contributed by atoms with E-state index in [9.17, 15) is 9.59 Å². The van der Waals surface area contributed by atoms with Crippen LogP contribution < -0.4 is 10.6 Å². The molecule has 1 aliphatic carbocycles. The number of nitrogens with two attached hydrogens (primary N) is 1. The van der Waals surface area contributed by atoms with Gasteiger partial charge in [-0.3, -0.25) is 9.59 Å². The van der Waals surface area contributed by atoms with E-state index in [4.69, 9.17) is 5.73 Å². The molecule has 1 saturated carbocycles. The number of carbonyl (C=O) groups is 2. The number of likely N-dealkylation sites (tertiary alicyclic amines) is 1. The molecule has 4 rings (SSSR count). The molecule has 134 valence electrons. The summed E-state index contributed by atoms with van der Waals surface area (Å²) in [5.74, 6) is 0.742. The largest absolute Gasteiger partial charge is 0.343 e. The lowest BCUT2D eigenvalue weighted by molar-refractivity contribution is -0.128. The normalized spacial score (nSPS) is 28.7. The van der Waals surface area contributed by atoms with E-state index in [1.54, 1.807) is 0 Å². The van der Waals surface area contributed by atoms with Gasteiger partial charge in [0.05, 0.1) is 5.92 Å². The molecule has 0 aromatic heterocycles. The van der Waals surface area contributed by atoms with Crippen molar-refractivity contribution in [2.45, 2.75) is 50.5 Å². The third kappa shape index (κ3) is 3.06. The van der Waals surface area contributed by atoms with Crippen LogP contribution in [-0.4, -0.2) is 42.4 Å². The number of amides is 2. The number of hydrogen-bond donors (Lipinski definition) is 1. The highest BCUT2D eigenvalue weighted by molar-refractivity contribution is 5.98. The molecule has 2 aliphatic heterocycles. The van der Waals surface area contributed by atoms with E-state index in [2.05, 4.69) is 12.1 Å². The molecular weight excluding hydrogens is 314 g/mol. The average Bonchev–Trinajstić information content (AvgIpc) is 3.31. The van der Waals surface area contributed by atoms with Crippen molar-refractivity contribution in [3.63, 3.8) is 0 Å². The van der Waals surface area contributed by atoms with Crippen LogP contribution in [0.25, 0.3) is 0 Å². The van der Waals surface area contributed by atoms with Crippen molar-refractivity contribution in [1.82, 2.24) is 4.90 Å². The number of anilines is 1. The highest BCUT2D eigenvalue weighted by Crippen LogP contribution is 2.40. The van der Waals surface area contributed by atoms with Gasteiger partial charge in [-0.25, -0.2) is 0 Å². The van der Waals surface area contributed by atoms with E-state index in [0.29, 0.717) is 12.3 Å². The third-order valence-corrected chi connectivity index (χ3v) is 6.14. The Balaban J connectivity index is 1.49. The number of fused-ring (bicyclic) bond motifs is 1. The molecule has 2 fully saturated rings. The molecule has 25 heavy (non-hydrogen) atoms. The quantitative estimate of drug-likeness (QED) is 0.913. The van der Waals surface area contributed by atoms with Gasteiger partial charge in [-0.1, -0.05) is 24.6 Å². The van der Waals surface area contributed by atoms with Crippen molar-refractivity contribution in [2.24, 2.45) is 11.7 Å². The third-order valence-electron chi connectivity index (χ3n) is 6.14. The van der Waals surface area contributed by atoms with Gasteiger partial charge < -0.3 is 15.5 Å². The number of para-hydroxylation sites is 1. The summed E-state index contributed by atoms with van der Waals surface area (Å²) < 4.78 is 0. The predicted octanol–water partition coefficient (Wildman–Crippen LogP) is 2.26. The Kier molecular flexibility index (Phi) is 4.50. The van der Waals surface area contributed by atoms with Crippen LogP contribution in [0.15, 0.2) is 24.3 Å². The standard InChI is InChI=1S/C20H27N3O2/c21-17-7-3-6-16(17)20(25)23-13-14(15-5-1-2-8-18(15)23)10-12-22-11-4-9-19(22)24/h1-2,5,8,14,16-17H,3-4,6-7,9-13,21H2/t14-,16+,17-/m1/s1. The first-order chi connectivity index (χ1) is 12.1. The van der Waals surface area contributed by atoms with Crippen molar-refractivity contribution in [3.05, 3.63) is 29.8 Å². The zero-order chi connectivity index (χ0) is 17.4. The number of carbonyl (C=O) groups excluding carboxylic acids is 2. The van der Waals surface area contributed by atoms with Crippen LogP contribution in [-0.2, 0) is 9.59 Å². The van der Waals surface area contributed by atoms with E-state index in [0.717, 1.165) is 57.4 Å². The first-order valence-electron chi connectivity index (χ1n) is 9.59. The summed E-state index contributed by atoms with van der Waals surface area (Å²) in [6.45, 7) is 2.40. The van der Waals surface area contributed by atoms with Crippen LogP contribution >= 0.6 is 0 Å². The molecule has 2 amide bonds. The zero-order valence-corrected chi connectivity index (χ0v) is 14.7. The van der Waals surface area contributed by atoms with Gasteiger partial charge in [0.25, 0.3) is 0 Å². The van der Waals surface area contributed by atoms with Crippen molar-refractivity contribution < 1.29 is 9.59 Å². The molecule has 0 unspecified atom stereocenters. The molecular formula is C20H27N3O2. The minimum Gasteiger partial charge on any atom is -0.343 e. The van der Waals surface area contributed by atoms with Crippen molar-refractivity contribution in [2.75, 3.05) is 24.5 Å². The number of benzene rings is 1. The Morgan fingerprint density at radius 1 is 1.20 bits per heavy atom. The lowest BCUT2D eigenvalue weighted by Gasteiger charge is -2.24. The summed E-state index contributed by atoms with van der Waals surface area (Å²) in [5.41, 5.74) is 8.46. The summed E-state index contributed by atoms with van der Waals surface area (Å²) in [6.07, 6.45) is 5.49. The first kappa shape index (κ1) is 16.6. The number of nitrogens with zero attached hydrogens (tertiary/aromatic N) is 2.